The van der Waals surface area contributed by atoms with Crippen LogP contribution in [0, 0.1) is 6.92 Å². The molecule has 0 saturated heterocycles. The van der Waals surface area contributed by atoms with Crippen molar-refractivity contribution < 1.29 is 18.0 Å². The second-order valence-corrected chi connectivity index (χ2v) is 13.5. The van der Waals surface area contributed by atoms with Crippen LogP contribution >= 0.6 is 23.2 Å². The number of nitrogens with one attached hydrogen (secondary N) is 1. The Morgan fingerprint density at radius 1 is 0.818 bits per heavy atom. The summed E-state index contributed by atoms with van der Waals surface area (Å²) in [5, 5.41) is 3.30. The fourth-order valence-electron chi connectivity index (χ4n) is 4.73. The van der Waals surface area contributed by atoms with E-state index in [4.69, 9.17) is 23.2 Å². The number of sulfonamides is 1. The molecule has 4 aromatic carbocycles. The van der Waals surface area contributed by atoms with Gasteiger partial charge >= 0.3 is 0 Å². The Labute approximate surface area is 269 Å². The fraction of sp³-hybridized carbons (Fsp3) is 0.235. The molecule has 0 heterocycles. The minimum absolute atomic E-state index is 0.0210. The number of rotatable bonds is 12. The quantitative estimate of drug-likeness (QED) is 0.186. The van der Waals surface area contributed by atoms with E-state index in [9.17, 15) is 18.0 Å². The lowest BCUT2D eigenvalue weighted by atomic mass is 10.0. The molecule has 0 bridgehead atoms. The summed E-state index contributed by atoms with van der Waals surface area (Å²) >= 11 is 12.8. The van der Waals surface area contributed by atoms with Crippen LogP contribution in [0.5, 0.6) is 0 Å². The normalized spacial score (nSPS) is 12.0. The van der Waals surface area contributed by atoms with Crippen LogP contribution in [0.3, 0.4) is 0 Å². The summed E-state index contributed by atoms with van der Waals surface area (Å²) in [7, 11) is -4.28. The highest BCUT2D eigenvalue weighted by molar-refractivity contribution is 7.92. The van der Waals surface area contributed by atoms with Gasteiger partial charge in [-0.05, 0) is 62.2 Å². The Kier molecular flexibility index (Phi) is 11.1. The molecule has 0 aromatic heterocycles. The number of amides is 2. The van der Waals surface area contributed by atoms with E-state index in [1.165, 1.54) is 29.2 Å². The van der Waals surface area contributed by atoms with Gasteiger partial charge in [0.05, 0.1) is 15.6 Å². The molecule has 4 rings (SSSR count). The number of benzene rings is 4. The van der Waals surface area contributed by atoms with Gasteiger partial charge in [0.1, 0.15) is 12.6 Å². The smallest absolute Gasteiger partial charge is 0.264 e. The van der Waals surface area contributed by atoms with Crippen molar-refractivity contribution in [2.75, 3.05) is 10.8 Å². The van der Waals surface area contributed by atoms with Crippen molar-refractivity contribution in [2.24, 2.45) is 0 Å². The second kappa shape index (κ2) is 14.8. The molecule has 0 aliphatic carbocycles. The highest BCUT2D eigenvalue weighted by Crippen LogP contribution is 2.33. The maximum atomic E-state index is 14.5. The summed E-state index contributed by atoms with van der Waals surface area (Å²) in [5.74, 6) is -0.927. The Morgan fingerprint density at radius 3 is 2.05 bits per heavy atom. The van der Waals surface area contributed by atoms with Crippen LogP contribution in [0.4, 0.5) is 5.69 Å². The number of nitrogens with zero attached hydrogens (tertiary/aromatic N) is 2. The molecule has 0 saturated carbocycles. The van der Waals surface area contributed by atoms with Gasteiger partial charge in [0.2, 0.25) is 11.8 Å². The lowest BCUT2D eigenvalue weighted by Crippen LogP contribution is -2.54. The Hall–Kier alpha value is -3.85. The van der Waals surface area contributed by atoms with Crippen LogP contribution in [0.15, 0.2) is 108 Å². The van der Waals surface area contributed by atoms with Gasteiger partial charge in [-0.2, -0.15) is 0 Å². The Morgan fingerprint density at radius 2 is 1.43 bits per heavy atom. The summed E-state index contributed by atoms with van der Waals surface area (Å²) < 4.78 is 29.1. The maximum Gasteiger partial charge on any atom is 0.264 e. The van der Waals surface area contributed by atoms with Gasteiger partial charge in [0.25, 0.3) is 10.0 Å². The minimum atomic E-state index is -4.28. The molecule has 2 amide bonds. The van der Waals surface area contributed by atoms with E-state index < -0.39 is 28.5 Å². The van der Waals surface area contributed by atoms with Gasteiger partial charge < -0.3 is 10.2 Å². The van der Waals surface area contributed by atoms with Crippen LogP contribution in [-0.4, -0.2) is 43.8 Å². The molecule has 0 unspecified atom stereocenters. The van der Waals surface area contributed by atoms with E-state index in [2.05, 4.69) is 5.32 Å². The highest BCUT2D eigenvalue weighted by Gasteiger charge is 2.35. The van der Waals surface area contributed by atoms with Crippen molar-refractivity contribution >= 4 is 50.7 Å². The van der Waals surface area contributed by atoms with E-state index in [-0.39, 0.29) is 45.5 Å². The number of hydrogen-bond donors (Lipinski definition) is 1. The first-order valence-corrected chi connectivity index (χ1v) is 16.4. The summed E-state index contributed by atoms with van der Waals surface area (Å²) in [6.45, 7) is 5.11. The first-order chi connectivity index (χ1) is 21.0. The number of hydrogen-bond acceptors (Lipinski definition) is 4. The number of carbonyl (C=O) groups excluding carboxylic acids is 2. The number of anilines is 1. The molecule has 230 valence electrons. The molecule has 0 spiro atoms. The van der Waals surface area contributed by atoms with E-state index in [0.29, 0.717) is 0 Å². The lowest BCUT2D eigenvalue weighted by molar-refractivity contribution is -0.140. The third-order valence-corrected chi connectivity index (χ3v) is 9.29. The van der Waals surface area contributed by atoms with Gasteiger partial charge in [0, 0.05) is 24.0 Å². The van der Waals surface area contributed by atoms with Gasteiger partial charge in [-0.15, -0.1) is 0 Å². The molecule has 0 fully saturated rings. The first-order valence-electron chi connectivity index (χ1n) is 14.2. The van der Waals surface area contributed by atoms with Crippen LogP contribution in [0.2, 0.25) is 10.0 Å². The third-order valence-electron chi connectivity index (χ3n) is 6.96. The zero-order valence-electron chi connectivity index (χ0n) is 24.8. The van der Waals surface area contributed by atoms with Crippen molar-refractivity contribution in [3.63, 3.8) is 0 Å². The molecule has 1 atom stereocenters. The Balaban J connectivity index is 1.82. The zero-order chi connectivity index (χ0) is 31.9. The summed E-state index contributed by atoms with van der Waals surface area (Å²) in [5.41, 5.74) is 2.74. The monoisotopic (exact) mass is 651 g/mol. The highest BCUT2D eigenvalue weighted by atomic mass is 35.5. The molecule has 7 nitrogen and oxygen atoms in total. The van der Waals surface area contributed by atoms with Crippen LogP contribution in [-0.2, 0) is 32.6 Å². The largest absolute Gasteiger partial charge is 0.352 e. The molecule has 10 heteroatoms. The van der Waals surface area contributed by atoms with Gasteiger partial charge in [-0.1, -0.05) is 102 Å². The van der Waals surface area contributed by atoms with E-state index in [1.807, 2.05) is 75.4 Å². The molecule has 4 aromatic rings. The van der Waals surface area contributed by atoms with E-state index in [0.717, 1.165) is 21.0 Å². The van der Waals surface area contributed by atoms with E-state index >= 15 is 0 Å². The maximum absolute atomic E-state index is 14.5. The van der Waals surface area contributed by atoms with Gasteiger partial charge in [0.15, 0.2) is 0 Å². The Bertz CT molecular complexity index is 1680. The second-order valence-electron chi connectivity index (χ2n) is 10.8. The summed E-state index contributed by atoms with van der Waals surface area (Å²) in [4.78, 5) is 29.6. The summed E-state index contributed by atoms with van der Waals surface area (Å²) in [6.07, 6.45) is 0.223. The molecule has 44 heavy (non-hydrogen) atoms. The first kappa shape index (κ1) is 33.1. The fourth-order valence-corrected chi connectivity index (χ4v) is 6.62. The lowest BCUT2D eigenvalue weighted by Gasteiger charge is -2.34. The van der Waals surface area contributed by atoms with Crippen molar-refractivity contribution in [3.05, 3.63) is 130 Å². The van der Waals surface area contributed by atoms with Crippen LogP contribution in [0.25, 0.3) is 0 Å². The topological polar surface area (TPSA) is 86.8 Å². The minimum Gasteiger partial charge on any atom is -0.352 e. The van der Waals surface area contributed by atoms with Crippen molar-refractivity contribution in [1.29, 1.82) is 0 Å². The average molecular weight is 653 g/mol. The average Bonchev–Trinajstić information content (AvgIpc) is 3.00. The zero-order valence-corrected chi connectivity index (χ0v) is 27.1. The molecule has 0 aliphatic rings. The molecule has 0 radical (unpaired) electrons. The number of halogens is 2. The van der Waals surface area contributed by atoms with Gasteiger partial charge in [-0.3, -0.25) is 13.9 Å². The van der Waals surface area contributed by atoms with Gasteiger partial charge in [-0.25, -0.2) is 8.42 Å². The van der Waals surface area contributed by atoms with Crippen molar-refractivity contribution in [1.82, 2.24) is 10.2 Å². The molecular formula is C34H35Cl2N3O4S. The third kappa shape index (κ3) is 8.40. The molecular weight excluding hydrogens is 617 g/mol. The molecule has 0 aliphatic heterocycles. The van der Waals surface area contributed by atoms with Crippen molar-refractivity contribution in [2.45, 2.75) is 50.7 Å². The van der Waals surface area contributed by atoms with Crippen LogP contribution in [0.1, 0.15) is 30.5 Å². The summed E-state index contributed by atoms with van der Waals surface area (Å²) in [6, 6.07) is 28.1. The van der Waals surface area contributed by atoms with E-state index in [1.54, 1.807) is 24.3 Å². The number of carbonyl (C=O) groups is 2. The number of aryl methyl sites for hydroxylation is 1. The standard InChI is InChI=1S/C34H35Cl2N3O4S/c1-24(2)37-34(41)32(20-26-10-6-4-7-11-26)38(22-27-16-14-25(3)15-17-27)33(40)23-39(31-21-28(35)18-19-30(31)36)44(42,43)29-12-8-5-9-13-29/h4-19,21,24,32H,20,22-23H2,1-3H3,(H,37,41)/t32-/m1/s1. The predicted octanol–water partition coefficient (Wildman–Crippen LogP) is 6.66. The van der Waals surface area contributed by atoms with Crippen molar-refractivity contribution in [3.8, 4) is 0 Å². The van der Waals surface area contributed by atoms with Crippen LogP contribution < -0.4 is 9.62 Å². The predicted molar refractivity (Wildman–Crippen MR) is 176 cm³/mol. The molecule has 1 N–H and O–H groups in total. The SMILES string of the molecule is Cc1ccc(CN(C(=O)CN(c2cc(Cl)ccc2Cl)S(=O)(=O)c2ccccc2)[C@H](Cc2ccccc2)C(=O)NC(C)C)cc1.